The Morgan fingerprint density at radius 2 is 0.704 bits per heavy atom. The molecule has 0 fully saturated rings. The van der Waals surface area contributed by atoms with Crippen LogP contribution in [0, 0.1) is 0 Å². The third kappa shape index (κ3) is 4.77. The normalized spacial score (nSPS) is 10.4. The lowest BCUT2D eigenvalue weighted by Crippen LogP contribution is -1.90. The van der Waals surface area contributed by atoms with Gasteiger partial charge in [0.25, 0.3) is 0 Å². The number of rotatable bonds is 6. The van der Waals surface area contributed by atoms with Crippen molar-refractivity contribution in [3.8, 4) is 23.0 Å². The predicted octanol–water partition coefficient (Wildman–Crippen LogP) is 6.86. The fourth-order valence-corrected chi connectivity index (χ4v) is 2.84. The van der Waals surface area contributed by atoms with Crippen LogP contribution in [0.4, 0.5) is 0 Å². The van der Waals surface area contributed by atoms with Gasteiger partial charge in [0, 0.05) is 0 Å². The molecule has 0 heterocycles. The molecular formula is C25H20O2. The van der Waals surface area contributed by atoms with Gasteiger partial charge in [0.2, 0.25) is 0 Å². The van der Waals surface area contributed by atoms with Crippen LogP contribution in [0.2, 0.25) is 0 Å². The van der Waals surface area contributed by atoms with Crippen molar-refractivity contribution in [1.29, 1.82) is 0 Å². The van der Waals surface area contributed by atoms with Crippen molar-refractivity contribution in [3.05, 3.63) is 120 Å². The molecule has 27 heavy (non-hydrogen) atoms. The molecule has 132 valence electrons. The van der Waals surface area contributed by atoms with Gasteiger partial charge in [-0.15, -0.1) is 0 Å². The number of hydrogen-bond donors (Lipinski definition) is 0. The summed E-state index contributed by atoms with van der Waals surface area (Å²) in [6.07, 6.45) is 0.872. The summed E-state index contributed by atoms with van der Waals surface area (Å²) in [6, 6.07) is 36.1. The minimum absolute atomic E-state index is 0.844. The molecule has 0 aromatic heterocycles. The monoisotopic (exact) mass is 352 g/mol. The van der Waals surface area contributed by atoms with Gasteiger partial charge in [0.05, 0.1) is 0 Å². The van der Waals surface area contributed by atoms with Crippen molar-refractivity contribution in [3.63, 3.8) is 0 Å². The fourth-order valence-electron chi connectivity index (χ4n) is 2.84. The maximum absolute atomic E-state index is 5.84. The van der Waals surface area contributed by atoms with Crippen molar-refractivity contribution in [2.75, 3.05) is 0 Å². The van der Waals surface area contributed by atoms with Crippen molar-refractivity contribution < 1.29 is 9.47 Å². The average molecular weight is 352 g/mol. The molecule has 2 heteroatoms. The smallest absolute Gasteiger partial charge is 0.127 e. The first kappa shape index (κ1) is 16.9. The molecule has 0 saturated carbocycles. The van der Waals surface area contributed by atoms with Crippen LogP contribution >= 0.6 is 0 Å². The van der Waals surface area contributed by atoms with Gasteiger partial charge < -0.3 is 9.47 Å². The van der Waals surface area contributed by atoms with Crippen molar-refractivity contribution in [2.24, 2.45) is 0 Å². The molecule has 0 saturated heterocycles. The Bertz CT molecular complexity index is 877. The van der Waals surface area contributed by atoms with E-state index in [1.807, 2.05) is 84.9 Å². The van der Waals surface area contributed by atoms with Crippen molar-refractivity contribution in [1.82, 2.24) is 0 Å². The van der Waals surface area contributed by atoms with Gasteiger partial charge in [-0.2, -0.15) is 0 Å². The van der Waals surface area contributed by atoms with E-state index in [1.54, 1.807) is 0 Å². The molecule has 0 amide bonds. The van der Waals surface area contributed by atoms with Crippen LogP contribution in [0.5, 0.6) is 23.0 Å². The number of para-hydroxylation sites is 2. The van der Waals surface area contributed by atoms with E-state index < -0.39 is 0 Å². The second-order valence-corrected chi connectivity index (χ2v) is 6.29. The van der Waals surface area contributed by atoms with Crippen LogP contribution in [0.25, 0.3) is 0 Å². The summed E-state index contributed by atoms with van der Waals surface area (Å²) in [7, 11) is 0. The molecule has 0 radical (unpaired) electrons. The summed E-state index contributed by atoms with van der Waals surface area (Å²) >= 11 is 0. The number of ether oxygens (including phenoxy) is 2. The Kier molecular flexibility index (Phi) is 5.16. The first-order valence-corrected chi connectivity index (χ1v) is 8.99. The van der Waals surface area contributed by atoms with Gasteiger partial charge in [-0.05, 0) is 66.1 Å². The van der Waals surface area contributed by atoms with Crippen molar-refractivity contribution >= 4 is 0 Å². The molecule has 2 nitrogen and oxygen atoms in total. The molecule has 0 aliphatic rings. The van der Waals surface area contributed by atoms with E-state index in [0.29, 0.717) is 0 Å². The van der Waals surface area contributed by atoms with Crippen LogP contribution < -0.4 is 9.47 Å². The Balaban J connectivity index is 1.37. The third-order valence-corrected chi connectivity index (χ3v) is 4.21. The van der Waals surface area contributed by atoms with Gasteiger partial charge in [-0.1, -0.05) is 60.7 Å². The molecule has 0 aliphatic carbocycles. The highest BCUT2D eigenvalue weighted by Crippen LogP contribution is 2.24. The minimum Gasteiger partial charge on any atom is -0.457 e. The zero-order valence-corrected chi connectivity index (χ0v) is 14.9. The Morgan fingerprint density at radius 3 is 1.07 bits per heavy atom. The lowest BCUT2D eigenvalue weighted by molar-refractivity contribution is 0.482. The zero-order chi connectivity index (χ0) is 18.3. The summed E-state index contributed by atoms with van der Waals surface area (Å²) < 4.78 is 11.7. The maximum atomic E-state index is 5.84. The second-order valence-electron chi connectivity index (χ2n) is 6.29. The van der Waals surface area contributed by atoms with E-state index in [-0.39, 0.29) is 0 Å². The Labute approximate surface area is 159 Å². The van der Waals surface area contributed by atoms with E-state index >= 15 is 0 Å². The summed E-state index contributed by atoms with van der Waals surface area (Å²) in [4.78, 5) is 0. The van der Waals surface area contributed by atoms with Crippen LogP contribution in [-0.2, 0) is 6.42 Å². The zero-order valence-electron chi connectivity index (χ0n) is 14.9. The molecule has 4 aromatic rings. The maximum Gasteiger partial charge on any atom is 0.127 e. The van der Waals surface area contributed by atoms with Crippen molar-refractivity contribution in [2.45, 2.75) is 6.42 Å². The van der Waals surface area contributed by atoms with E-state index in [0.717, 1.165) is 29.4 Å². The summed E-state index contributed by atoms with van der Waals surface area (Å²) in [5.41, 5.74) is 2.49. The summed E-state index contributed by atoms with van der Waals surface area (Å²) in [5, 5.41) is 0. The Hall–Kier alpha value is -3.52. The molecule has 0 unspecified atom stereocenters. The SMILES string of the molecule is c1ccc(Oc2ccc(Cc3ccc(Oc4ccccc4)cc3)cc2)cc1. The quantitative estimate of drug-likeness (QED) is 0.377. The van der Waals surface area contributed by atoms with E-state index in [9.17, 15) is 0 Å². The van der Waals surface area contributed by atoms with E-state index in [2.05, 4.69) is 24.3 Å². The lowest BCUT2D eigenvalue weighted by atomic mass is 10.0. The van der Waals surface area contributed by atoms with Gasteiger partial charge >= 0.3 is 0 Å². The average Bonchev–Trinajstić information content (AvgIpc) is 2.73. The van der Waals surface area contributed by atoms with Gasteiger partial charge in [-0.3, -0.25) is 0 Å². The first-order chi connectivity index (χ1) is 13.3. The molecule has 0 aliphatic heterocycles. The van der Waals surface area contributed by atoms with Gasteiger partial charge in [0.1, 0.15) is 23.0 Å². The van der Waals surface area contributed by atoms with Crippen LogP contribution in [0.1, 0.15) is 11.1 Å². The highest BCUT2D eigenvalue weighted by molar-refractivity contribution is 5.37. The lowest BCUT2D eigenvalue weighted by Gasteiger charge is -2.08. The van der Waals surface area contributed by atoms with E-state index in [4.69, 9.17) is 9.47 Å². The topological polar surface area (TPSA) is 18.5 Å². The highest BCUT2D eigenvalue weighted by Gasteiger charge is 2.01. The predicted molar refractivity (Wildman–Crippen MR) is 109 cm³/mol. The number of hydrogen-bond acceptors (Lipinski definition) is 2. The molecule has 0 bridgehead atoms. The first-order valence-electron chi connectivity index (χ1n) is 8.99. The van der Waals surface area contributed by atoms with E-state index in [1.165, 1.54) is 11.1 Å². The molecule has 0 atom stereocenters. The van der Waals surface area contributed by atoms with Gasteiger partial charge in [-0.25, -0.2) is 0 Å². The molecule has 4 rings (SSSR count). The van der Waals surface area contributed by atoms with Crippen LogP contribution in [0.15, 0.2) is 109 Å². The van der Waals surface area contributed by atoms with Gasteiger partial charge in [0.15, 0.2) is 0 Å². The standard InChI is InChI=1S/C25H20O2/c1-3-7-22(8-4-1)26-24-15-11-20(12-16-24)19-21-13-17-25(18-14-21)27-23-9-5-2-6-10-23/h1-18H,19H2. The Morgan fingerprint density at radius 1 is 0.370 bits per heavy atom. The number of benzene rings is 4. The van der Waals surface area contributed by atoms with Crippen LogP contribution in [0.3, 0.4) is 0 Å². The molecular weight excluding hydrogens is 332 g/mol. The summed E-state index contributed by atoms with van der Waals surface area (Å²) in [5.74, 6) is 3.38. The summed E-state index contributed by atoms with van der Waals surface area (Å²) in [6.45, 7) is 0. The minimum atomic E-state index is 0.844. The molecule has 0 N–H and O–H groups in total. The molecule has 0 spiro atoms. The highest BCUT2D eigenvalue weighted by atomic mass is 16.5. The largest absolute Gasteiger partial charge is 0.457 e. The second kappa shape index (κ2) is 8.24. The molecule has 4 aromatic carbocycles. The third-order valence-electron chi connectivity index (χ3n) is 4.21. The fraction of sp³-hybridized carbons (Fsp3) is 0.0400. The van der Waals surface area contributed by atoms with Crippen LogP contribution in [-0.4, -0.2) is 0 Å².